The molecule has 0 aliphatic carbocycles. The molecule has 0 fully saturated rings. The molecular formula is C11H8N4. The standard InChI is InChI=1S/C11H8N4/c1-3-7-12-9(5-1)11-10-6-2-4-8-15(10)14-13-11/h1-8H/i8D. The summed E-state index contributed by atoms with van der Waals surface area (Å²) in [6.07, 6.45) is 2.03. The Morgan fingerprint density at radius 2 is 2.07 bits per heavy atom. The molecule has 4 heteroatoms. The normalized spacial score (nSPS) is 11.6. The topological polar surface area (TPSA) is 43.1 Å². The monoisotopic (exact) mass is 197 g/mol. The fourth-order valence-electron chi connectivity index (χ4n) is 1.47. The van der Waals surface area contributed by atoms with Gasteiger partial charge in [-0.05, 0) is 24.3 Å². The molecule has 3 heterocycles. The zero-order valence-corrected chi connectivity index (χ0v) is 7.83. The summed E-state index contributed by atoms with van der Waals surface area (Å²) < 4.78 is 9.17. The van der Waals surface area contributed by atoms with Gasteiger partial charge >= 0.3 is 0 Å². The van der Waals surface area contributed by atoms with Gasteiger partial charge in [-0.25, -0.2) is 4.52 Å². The molecule has 15 heavy (non-hydrogen) atoms. The minimum Gasteiger partial charge on any atom is -0.254 e. The summed E-state index contributed by atoms with van der Waals surface area (Å²) in [7, 11) is 0. The highest BCUT2D eigenvalue weighted by Crippen LogP contribution is 2.18. The van der Waals surface area contributed by atoms with E-state index in [0.717, 1.165) is 11.2 Å². The Bertz CT molecular complexity index is 633. The van der Waals surface area contributed by atoms with Gasteiger partial charge in [0.2, 0.25) is 0 Å². The van der Waals surface area contributed by atoms with Crippen molar-refractivity contribution in [2.24, 2.45) is 0 Å². The Balaban J connectivity index is 2.30. The number of hydrogen-bond acceptors (Lipinski definition) is 3. The molecule has 0 unspecified atom stereocenters. The summed E-state index contributed by atoms with van der Waals surface area (Å²) in [6, 6.07) is 11.0. The molecule has 3 aromatic rings. The van der Waals surface area contributed by atoms with Gasteiger partial charge in [0.05, 0.1) is 12.6 Å². The average molecular weight is 197 g/mol. The molecule has 0 saturated heterocycles. The first-order valence-corrected chi connectivity index (χ1v) is 4.59. The summed E-state index contributed by atoms with van der Waals surface area (Å²) in [5.74, 6) is 0. The Labute approximate surface area is 87.6 Å². The highest BCUT2D eigenvalue weighted by atomic mass is 15.4. The minimum atomic E-state index is 0.312. The third-order valence-corrected chi connectivity index (χ3v) is 2.16. The van der Waals surface area contributed by atoms with Gasteiger partial charge in [-0.3, -0.25) is 4.98 Å². The maximum absolute atomic E-state index is 7.68. The highest BCUT2D eigenvalue weighted by Gasteiger charge is 2.07. The average Bonchev–Trinajstić information content (AvgIpc) is 2.75. The van der Waals surface area contributed by atoms with Crippen molar-refractivity contribution >= 4 is 5.52 Å². The van der Waals surface area contributed by atoms with Gasteiger partial charge in [0.1, 0.15) is 5.69 Å². The van der Waals surface area contributed by atoms with E-state index in [4.69, 9.17) is 1.37 Å². The zero-order valence-electron chi connectivity index (χ0n) is 8.83. The minimum absolute atomic E-state index is 0.312. The van der Waals surface area contributed by atoms with Crippen molar-refractivity contribution in [1.82, 2.24) is 19.8 Å². The van der Waals surface area contributed by atoms with Gasteiger partial charge in [-0.15, -0.1) is 5.10 Å². The van der Waals surface area contributed by atoms with Crippen molar-refractivity contribution in [3.8, 4) is 11.4 Å². The van der Waals surface area contributed by atoms with Crippen molar-refractivity contribution in [3.63, 3.8) is 0 Å². The third-order valence-electron chi connectivity index (χ3n) is 2.16. The Kier molecular flexibility index (Phi) is 1.50. The van der Waals surface area contributed by atoms with Gasteiger partial charge in [-0.1, -0.05) is 17.3 Å². The SMILES string of the molecule is [2H]c1cccc2c(-c3ccccn3)nnn12. The highest BCUT2D eigenvalue weighted by molar-refractivity contribution is 5.73. The quantitative estimate of drug-likeness (QED) is 0.597. The predicted octanol–water partition coefficient (Wildman–Crippen LogP) is 1.79. The van der Waals surface area contributed by atoms with Crippen LogP contribution in [0.5, 0.6) is 0 Å². The van der Waals surface area contributed by atoms with Crippen LogP contribution in [0.15, 0.2) is 48.8 Å². The van der Waals surface area contributed by atoms with Crippen molar-refractivity contribution in [2.45, 2.75) is 0 Å². The fraction of sp³-hybridized carbons (Fsp3) is 0. The molecule has 4 nitrogen and oxygen atoms in total. The molecule has 0 N–H and O–H groups in total. The van der Waals surface area contributed by atoms with E-state index in [1.807, 2.05) is 30.3 Å². The number of hydrogen-bond donors (Lipinski definition) is 0. The molecule has 0 spiro atoms. The van der Waals surface area contributed by atoms with E-state index in [1.165, 1.54) is 4.52 Å². The summed E-state index contributed by atoms with van der Waals surface area (Å²) in [5.41, 5.74) is 2.27. The van der Waals surface area contributed by atoms with Crippen LogP contribution in [-0.2, 0) is 0 Å². The smallest absolute Gasteiger partial charge is 0.139 e. The Morgan fingerprint density at radius 1 is 1.13 bits per heavy atom. The second-order valence-corrected chi connectivity index (χ2v) is 3.10. The van der Waals surface area contributed by atoms with Gasteiger partial charge < -0.3 is 0 Å². The number of rotatable bonds is 1. The first kappa shape index (κ1) is 7.11. The number of fused-ring (bicyclic) bond motifs is 1. The molecule has 0 saturated carbocycles. The van der Waals surface area contributed by atoms with E-state index in [2.05, 4.69) is 15.3 Å². The first-order chi connectivity index (χ1) is 7.86. The summed E-state index contributed by atoms with van der Waals surface area (Å²) in [6.45, 7) is 0. The van der Waals surface area contributed by atoms with Crippen LogP contribution in [0, 0.1) is 0 Å². The first-order valence-electron chi connectivity index (χ1n) is 5.09. The van der Waals surface area contributed by atoms with Crippen LogP contribution in [0.3, 0.4) is 0 Å². The summed E-state index contributed by atoms with van der Waals surface area (Å²) in [5, 5.41) is 7.99. The van der Waals surface area contributed by atoms with Crippen LogP contribution < -0.4 is 0 Å². The molecule has 3 aromatic heterocycles. The van der Waals surface area contributed by atoms with Crippen LogP contribution in [0.25, 0.3) is 16.9 Å². The van der Waals surface area contributed by atoms with Crippen molar-refractivity contribution in [1.29, 1.82) is 0 Å². The Hall–Kier alpha value is -2.23. The van der Waals surface area contributed by atoms with Crippen molar-refractivity contribution in [2.75, 3.05) is 0 Å². The molecule has 0 bridgehead atoms. The van der Waals surface area contributed by atoms with Crippen LogP contribution in [0.4, 0.5) is 0 Å². The van der Waals surface area contributed by atoms with Crippen molar-refractivity contribution < 1.29 is 1.37 Å². The lowest BCUT2D eigenvalue weighted by atomic mass is 10.2. The summed E-state index contributed by atoms with van der Waals surface area (Å²) >= 11 is 0. The lowest BCUT2D eigenvalue weighted by Gasteiger charge is -1.94. The van der Waals surface area contributed by atoms with Gasteiger partial charge in [0.25, 0.3) is 0 Å². The fourth-order valence-corrected chi connectivity index (χ4v) is 1.47. The largest absolute Gasteiger partial charge is 0.254 e. The van der Waals surface area contributed by atoms with Crippen LogP contribution in [0.2, 0.25) is 0 Å². The van der Waals surface area contributed by atoms with E-state index in [-0.39, 0.29) is 0 Å². The van der Waals surface area contributed by atoms with E-state index >= 15 is 0 Å². The Morgan fingerprint density at radius 3 is 2.93 bits per heavy atom. The molecule has 72 valence electrons. The maximum Gasteiger partial charge on any atom is 0.139 e. The number of pyridine rings is 2. The molecule has 0 atom stereocenters. The van der Waals surface area contributed by atoms with E-state index in [1.54, 1.807) is 12.3 Å². The molecule has 0 aliphatic rings. The predicted molar refractivity (Wildman–Crippen MR) is 56.2 cm³/mol. The zero-order chi connectivity index (χ0) is 11.0. The molecular weight excluding hydrogens is 188 g/mol. The van der Waals surface area contributed by atoms with Gasteiger partial charge in [0, 0.05) is 12.4 Å². The van der Waals surface area contributed by atoms with Crippen LogP contribution in [-0.4, -0.2) is 19.8 Å². The molecule has 3 rings (SSSR count). The number of nitrogens with zero attached hydrogens (tertiary/aromatic N) is 4. The third kappa shape index (κ3) is 1.27. The van der Waals surface area contributed by atoms with Gasteiger partial charge in [-0.2, -0.15) is 0 Å². The van der Waals surface area contributed by atoms with Crippen LogP contribution in [0.1, 0.15) is 1.37 Å². The summed E-state index contributed by atoms with van der Waals surface area (Å²) in [4.78, 5) is 4.22. The maximum atomic E-state index is 7.68. The molecule has 0 radical (unpaired) electrons. The van der Waals surface area contributed by atoms with E-state index in [0.29, 0.717) is 11.9 Å². The lowest BCUT2D eigenvalue weighted by Crippen LogP contribution is -1.84. The number of aromatic nitrogens is 4. The van der Waals surface area contributed by atoms with E-state index < -0.39 is 0 Å². The van der Waals surface area contributed by atoms with E-state index in [9.17, 15) is 0 Å². The second kappa shape index (κ2) is 3.16. The van der Waals surface area contributed by atoms with Crippen LogP contribution >= 0.6 is 0 Å². The second-order valence-electron chi connectivity index (χ2n) is 3.10. The van der Waals surface area contributed by atoms with Crippen molar-refractivity contribution in [3.05, 3.63) is 48.8 Å². The lowest BCUT2D eigenvalue weighted by molar-refractivity contribution is 0.856. The molecule has 0 amide bonds. The molecule has 0 aliphatic heterocycles. The van der Waals surface area contributed by atoms with Gasteiger partial charge in [0.15, 0.2) is 0 Å². The molecule has 0 aromatic carbocycles.